The maximum atomic E-state index is 13.4. The van der Waals surface area contributed by atoms with E-state index in [0.717, 1.165) is 5.69 Å². The van der Waals surface area contributed by atoms with Crippen molar-refractivity contribution in [2.24, 2.45) is 0 Å². The van der Waals surface area contributed by atoms with Gasteiger partial charge < -0.3 is 14.2 Å². The first-order valence-electron chi connectivity index (χ1n) is 9.66. The van der Waals surface area contributed by atoms with Gasteiger partial charge in [-0.25, -0.2) is 0 Å². The van der Waals surface area contributed by atoms with Gasteiger partial charge in [0.1, 0.15) is 23.5 Å². The maximum absolute atomic E-state index is 13.4. The summed E-state index contributed by atoms with van der Waals surface area (Å²) in [6, 6.07) is 14.2. The molecular weight excluding hydrogens is 420 g/mol. The van der Waals surface area contributed by atoms with Crippen LogP contribution in [0.5, 0.6) is 0 Å². The highest BCUT2D eigenvalue weighted by molar-refractivity contribution is 6.30. The van der Waals surface area contributed by atoms with E-state index >= 15 is 0 Å². The van der Waals surface area contributed by atoms with E-state index in [9.17, 15) is 9.59 Å². The highest BCUT2D eigenvalue weighted by Crippen LogP contribution is 2.27. The molecule has 156 valence electrons. The Morgan fingerprint density at radius 1 is 1.00 bits per heavy atom. The number of halogens is 1. The molecular formula is C22H17ClN4O4. The predicted octanol–water partition coefficient (Wildman–Crippen LogP) is 3.37. The highest BCUT2D eigenvalue weighted by Gasteiger charge is 2.22. The number of aromatic nitrogens is 3. The van der Waals surface area contributed by atoms with E-state index < -0.39 is 0 Å². The van der Waals surface area contributed by atoms with Gasteiger partial charge in [0.2, 0.25) is 0 Å². The molecule has 4 aromatic rings. The lowest BCUT2D eigenvalue weighted by atomic mass is 10.1. The fourth-order valence-corrected chi connectivity index (χ4v) is 3.81. The van der Waals surface area contributed by atoms with Crippen molar-refractivity contribution >= 4 is 34.3 Å². The summed E-state index contributed by atoms with van der Waals surface area (Å²) in [6.45, 7) is 2.79. The molecule has 1 fully saturated rings. The standard InChI is InChI=1S/C22H17ClN4O4/c1-13-24-21-19(20(25-31-21)14-2-4-15(23)5-3-14)22(29)27(13)17-8-6-16(7-9-17)26-10-11-30-12-18(26)28/h2-9H,10-12H2,1H3. The molecule has 5 rings (SSSR count). The van der Waals surface area contributed by atoms with E-state index in [1.807, 2.05) is 12.1 Å². The Hall–Kier alpha value is -3.49. The van der Waals surface area contributed by atoms with Gasteiger partial charge in [-0.15, -0.1) is 0 Å². The van der Waals surface area contributed by atoms with Crippen LogP contribution in [0.4, 0.5) is 5.69 Å². The van der Waals surface area contributed by atoms with Gasteiger partial charge in [0.25, 0.3) is 17.2 Å². The van der Waals surface area contributed by atoms with Crippen molar-refractivity contribution in [1.29, 1.82) is 0 Å². The summed E-state index contributed by atoms with van der Waals surface area (Å²) in [7, 11) is 0. The van der Waals surface area contributed by atoms with Crippen LogP contribution in [0.3, 0.4) is 0 Å². The van der Waals surface area contributed by atoms with Crippen LogP contribution in [-0.2, 0) is 9.53 Å². The van der Waals surface area contributed by atoms with Crippen LogP contribution < -0.4 is 10.5 Å². The minimum absolute atomic E-state index is 0.0713. The maximum Gasteiger partial charge on any atom is 0.271 e. The SMILES string of the molecule is Cc1nc2onc(-c3ccc(Cl)cc3)c2c(=O)n1-c1ccc(N2CCOCC2=O)cc1. The van der Waals surface area contributed by atoms with Gasteiger partial charge in [0.05, 0.1) is 12.3 Å². The summed E-state index contributed by atoms with van der Waals surface area (Å²) in [6.07, 6.45) is 0. The zero-order chi connectivity index (χ0) is 21.5. The Morgan fingerprint density at radius 3 is 2.42 bits per heavy atom. The molecule has 0 unspecified atom stereocenters. The van der Waals surface area contributed by atoms with Gasteiger partial charge in [0.15, 0.2) is 0 Å². The monoisotopic (exact) mass is 436 g/mol. The molecule has 1 aliphatic heterocycles. The summed E-state index contributed by atoms with van der Waals surface area (Å²) in [5.41, 5.74) is 2.39. The minimum atomic E-state index is -0.288. The topological polar surface area (TPSA) is 90.5 Å². The van der Waals surface area contributed by atoms with E-state index in [1.54, 1.807) is 48.2 Å². The number of anilines is 1. The van der Waals surface area contributed by atoms with Gasteiger partial charge in [-0.05, 0) is 43.3 Å². The highest BCUT2D eigenvalue weighted by atomic mass is 35.5. The Balaban J connectivity index is 1.60. The fourth-order valence-electron chi connectivity index (χ4n) is 3.69. The van der Waals surface area contributed by atoms with Crippen LogP contribution in [0.1, 0.15) is 5.82 Å². The van der Waals surface area contributed by atoms with Crippen molar-refractivity contribution in [2.75, 3.05) is 24.7 Å². The van der Waals surface area contributed by atoms with Gasteiger partial charge >= 0.3 is 0 Å². The number of rotatable bonds is 3. The molecule has 1 aliphatic rings. The second-order valence-electron chi connectivity index (χ2n) is 7.13. The van der Waals surface area contributed by atoms with Crippen LogP contribution >= 0.6 is 11.6 Å². The summed E-state index contributed by atoms with van der Waals surface area (Å²) in [5.74, 6) is 0.374. The van der Waals surface area contributed by atoms with E-state index in [1.165, 1.54) is 4.57 Å². The Bertz CT molecular complexity index is 1340. The molecule has 0 saturated carbocycles. The van der Waals surface area contributed by atoms with Gasteiger partial charge in [-0.1, -0.05) is 28.9 Å². The van der Waals surface area contributed by atoms with E-state index in [4.69, 9.17) is 20.9 Å². The average molecular weight is 437 g/mol. The molecule has 2 aromatic carbocycles. The van der Waals surface area contributed by atoms with Gasteiger partial charge in [-0.2, -0.15) is 4.98 Å². The Kier molecular flexibility index (Phi) is 4.80. The minimum Gasteiger partial charge on any atom is -0.370 e. The summed E-state index contributed by atoms with van der Waals surface area (Å²) >= 11 is 5.97. The number of fused-ring (bicyclic) bond motifs is 1. The van der Waals surface area contributed by atoms with Crippen molar-refractivity contribution in [3.8, 4) is 16.9 Å². The van der Waals surface area contributed by atoms with Crippen LogP contribution in [0.2, 0.25) is 5.02 Å². The third kappa shape index (κ3) is 3.39. The molecule has 1 saturated heterocycles. The number of nitrogens with zero attached hydrogens (tertiary/aromatic N) is 4. The Morgan fingerprint density at radius 2 is 1.71 bits per heavy atom. The molecule has 8 nitrogen and oxygen atoms in total. The number of benzene rings is 2. The fraction of sp³-hybridized carbons (Fsp3) is 0.182. The number of hydrogen-bond donors (Lipinski definition) is 0. The normalized spacial score (nSPS) is 14.4. The Labute approximate surface area is 181 Å². The number of hydrogen-bond acceptors (Lipinski definition) is 6. The third-order valence-electron chi connectivity index (χ3n) is 5.20. The summed E-state index contributed by atoms with van der Waals surface area (Å²) in [5, 5.41) is 4.94. The number of aryl methyl sites for hydroxylation is 1. The lowest BCUT2D eigenvalue weighted by Gasteiger charge is -2.27. The smallest absolute Gasteiger partial charge is 0.271 e. The van der Waals surface area contributed by atoms with Crippen molar-refractivity contribution in [3.63, 3.8) is 0 Å². The number of ether oxygens (including phenoxy) is 1. The first-order chi connectivity index (χ1) is 15.0. The van der Waals surface area contributed by atoms with Crippen molar-refractivity contribution < 1.29 is 14.1 Å². The van der Waals surface area contributed by atoms with E-state index in [-0.39, 0.29) is 23.8 Å². The number of morpholine rings is 1. The quantitative estimate of drug-likeness (QED) is 0.489. The number of carbonyl (C=O) groups is 1. The molecule has 0 bridgehead atoms. The first-order valence-corrected chi connectivity index (χ1v) is 10.0. The molecule has 0 aliphatic carbocycles. The zero-order valence-electron chi connectivity index (χ0n) is 16.5. The average Bonchev–Trinajstić information content (AvgIpc) is 3.19. The molecule has 0 N–H and O–H groups in total. The third-order valence-corrected chi connectivity index (χ3v) is 5.45. The lowest BCUT2D eigenvalue weighted by Crippen LogP contribution is -2.41. The second kappa shape index (κ2) is 7.64. The molecule has 9 heteroatoms. The van der Waals surface area contributed by atoms with Crippen molar-refractivity contribution in [3.05, 3.63) is 69.7 Å². The lowest BCUT2D eigenvalue weighted by molar-refractivity contribution is -0.125. The number of amides is 1. The van der Waals surface area contributed by atoms with Crippen LogP contribution in [0.15, 0.2) is 57.8 Å². The summed E-state index contributed by atoms with van der Waals surface area (Å²) < 4.78 is 12.0. The molecule has 0 atom stereocenters. The number of carbonyl (C=O) groups excluding carboxylic acids is 1. The molecule has 1 amide bonds. The first kappa shape index (κ1) is 19.5. The van der Waals surface area contributed by atoms with Gasteiger partial charge in [-0.3, -0.25) is 14.2 Å². The van der Waals surface area contributed by atoms with E-state index in [2.05, 4.69) is 10.1 Å². The molecule has 3 heterocycles. The van der Waals surface area contributed by atoms with E-state index in [0.29, 0.717) is 46.3 Å². The largest absolute Gasteiger partial charge is 0.370 e. The van der Waals surface area contributed by atoms with Crippen molar-refractivity contribution in [1.82, 2.24) is 14.7 Å². The second-order valence-corrected chi connectivity index (χ2v) is 7.57. The molecule has 0 radical (unpaired) electrons. The molecule has 2 aromatic heterocycles. The molecule has 0 spiro atoms. The van der Waals surface area contributed by atoms with Crippen molar-refractivity contribution in [2.45, 2.75) is 6.92 Å². The van der Waals surface area contributed by atoms with Crippen LogP contribution in [0.25, 0.3) is 28.0 Å². The summed E-state index contributed by atoms with van der Waals surface area (Å²) in [4.78, 5) is 31.6. The zero-order valence-corrected chi connectivity index (χ0v) is 17.3. The predicted molar refractivity (Wildman–Crippen MR) is 116 cm³/mol. The van der Waals surface area contributed by atoms with Gasteiger partial charge in [0, 0.05) is 22.8 Å². The van der Waals surface area contributed by atoms with Crippen LogP contribution in [-0.4, -0.2) is 40.4 Å². The molecule has 31 heavy (non-hydrogen) atoms. The van der Waals surface area contributed by atoms with Crippen LogP contribution in [0, 0.1) is 6.92 Å².